The van der Waals surface area contributed by atoms with E-state index < -0.39 is 7.37 Å². The van der Waals surface area contributed by atoms with Crippen LogP contribution in [0.25, 0.3) is 0 Å². The van der Waals surface area contributed by atoms with Crippen LogP contribution in [0, 0.1) is 6.92 Å². The van der Waals surface area contributed by atoms with Crippen molar-refractivity contribution in [1.82, 2.24) is 0 Å². The van der Waals surface area contributed by atoms with Crippen LogP contribution in [0.1, 0.15) is 30.9 Å². The summed E-state index contributed by atoms with van der Waals surface area (Å²) in [7, 11) is -3.22. The summed E-state index contributed by atoms with van der Waals surface area (Å²) in [5, 5.41) is 1.41. The number of aryl methyl sites for hydroxylation is 1. The van der Waals surface area contributed by atoms with Crippen molar-refractivity contribution in [2.75, 3.05) is 0 Å². The molecule has 0 N–H and O–H groups in total. The number of benzene rings is 3. The van der Waals surface area contributed by atoms with Crippen molar-refractivity contribution >= 4 is 18.0 Å². The molecule has 0 amide bonds. The summed E-state index contributed by atoms with van der Waals surface area (Å²) in [6.45, 7) is 6.27. The Kier molecular flexibility index (Phi) is 5.11. The molecule has 25 heavy (non-hydrogen) atoms. The predicted octanol–water partition coefficient (Wildman–Crippen LogP) is 5.43. The molecule has 0 atom stereocenters. The molecule has 0 unspecified atom stereocenters. The van der Waals surface area contributed by atoms with Gasteiger partial charge in [0, 0.05) is 0 Å². The van der Waals surface area contributed by atoms with Crippen LogP contribution < -0.4 is 15.1 Å². The molecule has 0 aromatic heterocycles. The first-order chi connectivity index (χ1) is 12.0. The molecular weight excluding hydrogens is 327 g/mol. The Morgan fingerprint density at radius 2 is 1.32 bits per heavy atom. The summed E-state index contributed by atoms with van der Waals surface area (Å²) < 4.78 is 20.2. The Labute approximate surface area is 149 Å². The van der Waals surface area contributed by atoms with E-state index in [2.05, 4.69) is 19.9 Å². The minimum atomic E-state index is -3.22. The quantitative estimate of drug-likeness (QED) is 0.574. The van der Waals surface area contributed by atoms with Gasteiger partial charge >= 0.3 is 7.37 Å². The molecular formula is C22H23O2P. The average Bonchev–Trinajstić information content (AvgIpc) is 2.64. The van der Waals surface area contributed by atoms with Crippen LogP contribution in [-0.2, 0) is 4.57 Å². The van der Waals surface area contributed by atoms with Crippen molar-refractivity contribution < 1.29 is 9.09 Å². The molecule has 0 aliphatic heterocycles. The lowest BCUT2D eigenvalue weighted by Gasteiger charge is -2.22. The highest BCUT2D eigenvalue weighted by Gasteiger charge is 2.30. The van der Waals surface area contributed by atoms with Crippen LogP contribution in [0.2, 0.25) is 0 Å². The lowest BCUT2D eigenvalue weighted by atomic mass is 10.0. The van der Waals surface area contributed by atoms with Gasteiger partial charge in [-0.2, -0.15) is 0 Å². The van der Waals surface area contributed by atoms with Gasteiger partial charge in [-0.05, 0) is 54.3 Å². The molecule has 0 spiro atoms. The van der Waals surface area contributed by atoms with Crippen LogP contribution in [0.3, 0.4) is 0 Å². The molecule has 0 radical (unpaired) electrons. The van der Waals surface area contributed by atoms with Gasteiger partial charge in [0.25, 0.3) is 0 Å². The summed E-state index contributed by atoms with van der Waals surface area (Å²) in [6, 6.07) is 25.0. The van der Waals surface area contributed by atoms with Gasteiger partial charge in [-0.25, -0.2) is 0 Å². The molecule has 2 nitrogen and oxygen atoms in total. The minimum Gasteiger partial charge on any atom is -0.437 e. The van der Waals surface area contributed by atoms with Crippen molar-refractivity contribution in [2.24, 2.45) is 0 Å². The van der Waals surface area contributed by atoms with Gasteiger partial charge < -0.3 is 4.52 Å². The van der Waals surface area contributed by atoms with Crippen LogP contribution in [0.4, 0.5) is 0 Å². The van der Waals surface area contributed by atoms with E-state index in [0.29, 0.717) is 22.3 Å². The van der Waals surface area contributed by atoms with Gasteiger partial charge in [0.2, 0.25) is 0 Å². The Balaban J connectivity index is 2.12. The standard InChI is InChI=1S/C22H23O2P/c1-17(2)19-15-14-18(3)22(16-19)24-25(23,20-10-6-4-7-11-20)21-12-8-5-9-13-21/h4-17H,1-3H3. The molecule has 0 saturated carbocycles. The van der Waals surface area contributed by atoms with E-state index in [-0.39, 0.29) is 0 Å². The average molecular weight is 350 g/mol. The van der Waals surface area contributed by atoms with Crippen LogP contribution in [0.15, 0.2) is 78.9 Å². The third-order valence-corrected chi connectivity index (χ3v) is 6.71. The normalized spacial score (nSPS) is 11.5. The number of hydrogen-bond acceptors (Lipinski definition) is 2. The molecule has 3 aromatic rings. The molecule has 0 aliphatic carbocycles. The van der Waals surface area contributed by atoms with E-state index in [1.54, 1.807) is 0 Å². The maximum Gasteiger partial charge on any atom is 0.306 e. The fourth-order valence-corrected chi connectivity index (χ4v) is 4.83. The second kappa shape index (κ2) is 7.29. The third kappa shape index (κ3) is 3.70. The summed E-state index contributed by atoms with van der Waals surface area (Å²) >= 11 is 0. The molecule has 0 bridgehead atoms. The second-order valence-electron chi connectivity index (χ2n) is 6.49. The van der Waals surface area contributed by atoms with Gasteiger partial charge in [-0.15, -0.1) is 0 Å². The molecule has 3 aromatic carbocycles. The predicted molar refractivity (Wildman–Crippen MR) is 106 cm³/mol. The zero-order valence-corrected chi connectivity index (χ0v) is 15.7. The SMILES string of the molecule is Cc1ccc(C(C)C)cc1OP(=O)(c1ccccc1)c1ccccc1. The fraction of sp³-hybridized carbons (Fsp3) is 0.182. The highest BCUT2D eigenvalue weighted by molar-refractivity contribution is 7.74. The Hall–Kier alpha value is -2.31. The maximum atomic E-state index is 14.0. The van der Waals surface area contributed by atoms with Crippen molar-refractivity contribution in [3.05, 3.63) is 90.0 Å². The summed E-state index contributed by atoms with van der Waals surface area (Å²) in [5.41, 5.74) is 2.16. The van der Waals surface area contributed by atoms with Gasteiger partial charge in [0.15, 0.2) is 0 Å². The van der Waals surface area contributed by atoms with E-state index in [1.165, 1.54) is 5.56 Å². The maximum absolute atomic E-state index is 14.0. The van der Waals surface area contributed by atoms with Crippen LogP contribution >= 0.6 is 7.37 Å². The number of rotatable bonds is 5. The van der Waals surface area contributed by atoms with E-state index in [1.807, 2.05) is 79.7 Å². The molecule has 3 heteroatoms. The van der Waals surface area contributed by atoms with Gasteiger partial charge in [-0.1, -0.05) is 62.4 Å². The van der Waals surface area contributed by atoms with Crippen molar-refractivity contribution in [3.8, 4) is 5.75 Å². The lowest BCUT2D eigenvalue weighted by Crippen LogP contribution is -2.20. The topological polar surface area (TPSA) is 26.3 Å². The van der Waals surface area contributed by atoms with E-state index >= 15 is 0 Å². The molecule has 0 saturated heterocycles. The van der Waals surface area contributed by atoms with Crippen molar-refractivity contribution in [2.45, 2.75) is 26.7 Å². The largest absolute Gasteiger partial charge is 0.437 e. The second-order valence-corrected chi connectivity index (χ2v) is 8.81. The first-order valence-electron chi connectivity index (χ1n) is 8.52. The van der Waals surface area contributed by atoms with Gasteiger partial charge in [0.05, 0.1) is 10.6 Å². The summed E-state index contributed by atoms with van der Waals surface area (Å²) in [6.07, 6.45) is 0. The summed E-state index contributed by atoms with van der Waals surface area (Å²) in [5.74, 6) is 1.07. The minimum absolute atomic E-state index is 0.385. The van der Waals surface area contributed by atoms with E-state index in [4.69, 9.17) is 4.52 Å². The molecule has 0 fully saturated rings. The van der Waals surface area contributed by atoms with E-state index in [0.717, 1.165) is 5.56 Å². The Morgan fingerprint density at radius 3 is 1.80 bits per heavy atom. The highest BCUT2D eigenvalue weighted by atomic mass is 31.2. The van der Waals surface area contributed by atoms with Gasteiger partial charge in [-0.3, -0.25) is 4.57 Å². The Morgan fingerprint density at radius 1 is 0.800 bits per heavy atom. The smallest absolute Gasteiger partial charge is 0.306 e. The first kappa shape index (κ1) is 17.5. The molecule has 128 valence electrons. The van der Waals surface area contributed by atoms with Crippen LogP contribution in [0.5, 0.6) is 5.75 Å². The Bertz CT molecular complexity index is 843. The monoisotopic (exact) mass is 350 g/mol. The van der Waals surface area contributed by atoms with Crippen molar-refractivity contribution in [1.29, 1.82) is 0 Å². The fourth-order valence-electron chi connectivity index (χ4n) is 2.72. The zero-order valence-electron chi connectivity index (χ0n) is 14.8. The van der Waals surface area contributed by atoms with Crippen LogP contribution in [-0.4, -0.2) is 0 Å². The number of hydrogen-bond donors (Lipinski definition) is 0. The van der Waals surface area contributed by atoms with E-state index in [9.17, 15) is 4.57 Å². The lowest BCUT2D eigenvalue weighted by molar-refractivity contribution is 0.500. The van der Waals surface area contributed by atoms with Gasteiger partial charge in [0.1, 0.15) is 5.75 Å². The zero-order chi connectivity index (χ0) is 17.9. The van der Waals surface area contributed by atoms with Crippen molar-refractivity contribution in [3.63, 3.8) is 0 Å². The third-order valence-electron chi connectivity index (χ3n) is 4.30. The molecule has 0 aliphatic rings. The molecule has 0 heterocycles. The first-order valence-corrected chi connectivity index (χ1v) is 10.1. The highest BCUT2D eigenvalue weighted by Crippen LogP contribution is 2.46. The summed E-state index contributed by atoms with van der Waals surface area (Å²) in [4.78, 5) is 0. The molecule has 3 rings (SSSR count).